The third-order valence-corrected chi connectivity index (χ3v) is 5.15. The summed E-state index contributed by atoms with van der Waals surface area (Å²) in [6.45, 7) is 3.71. The second-order valence-electron chi connectivity index (χ2n) is 7.48. The van der Waals surface area contributed by atoms with Gasteiger partial charge in [0.05, 0.1) is 5.39 Å². The number of hydrogen-bond acceptors (Lipinski definition) is 5. The monoisotopic (exact) mass is 419 g/mol. The number of aliphatic hydroxyl groups is 1. The lowest BCUT2D eigenvalue weighted by atomic mass is 10.00. The summed E-state index contributed by atoms with van der Waals surface area (Å²) in [4.78, 5) is 21.2. The van der Waals surface area contributed by atoms with Crippen molar-refractivity contribution < 1.29 is 14.3 Å². The molecule has 4 N–H and O–H groups in total. The Morgan fingerprint density at radius 1 is 1.16 bits per heavy atom. The Morgan fingerprint density at radius 2 is 1.94 bits per heavy atom. The third-order valence-electron chi connectivity index (χ3n) is 5.15. The van der Waals surface area contributed by atoms with Gasteiger partial charge >= 0.3 is 0 Å². The van der Waals surface area contributed by atoms with Crippen molar-refractivity contribution in [2.45, 2.75) is 20.0 Å². The zero-order valence-electron chi connectivity index (χ0n) is 17.3. The first kappa shape index (κ1) is 20.5. The molecule has 0 unspecified atom stereocenters. The first-order valence-electron chi connectivity index (χ1n) is 9.69. The fourth-order valence-corrected chi connectivity index (χ4v) is 3.70. The van der Waals surface area contributed by atoms with E-state index in [0.29, 0.717) is 17.3 Å². The molecule has 4 rings (SSSR count). The van der Waals surface area contributed by atoms with E-state index in [0.717, 1.165) is 33.8 Å². The number of halogens is 1. The second kappa shape index (κ2) is 7.81. The van der Waals surface area contributed by atoms with E-state index in [1.165, 1.54) is 18.2 Å². The Balaban J connectivity index is 1.64. The van der Waals surface area contributed by atoms with Crippen molar-refractivity contribution >= 4 is 28.4 Å². The van der Waals surface area contributed by atoms with Crippen molar-refractivity contribution in [2.75, 3.05) is 11.1 Å². The molecular formula is C23H22FN5O2. The topological polar surface area (TPSA) is 106 Å². The summed E-state index contributed by atoms with van der Waals surface area (Å²) in [5.74, 6) is -0.147. The molecule has 8 heteroatoms. The smallest absolute Gasteiger partial charge is 0.257 e. The molecule has 2 aromatic carbocycles. The summed E-state index contributed by atoms with van der Waals surface area (Å²) >= 11 is 0. The Labute approximate surface area is 178 Å². The summed E-state index contributed by atoms with van der Waals surface area (Å²) in [7, 11) is 1.90. The SMILES string of the molecule is Cc1nc(N)c2c(-c3ccc(NC(=O)[C@@H](O)c4cccc(F)c4)cc3C)cn(C)c2n1. The Morgan fingerprint density at radius 3 is 2.65 bits per heavy atom. The standard InChI is InChI=1S/C23H22FN5O2/c1-12-9-16(28-23(31)20(30)14-5-4-6-15(24)10-14)7-8-17(12)18-11-29(3)22-19(18)21(25)26-13(2)27-22/h4-11,20,30H,1-3H3,(H,28,31)(H2,25,26,27)/t20-/m0/s1. The summed E-state index contributed by atoms with van der Waals surface area (Å²) in [6, 6.07) is 10.7. The zero-order valence-corrected chi connectivity index (χ0v) is 17.3. The van der Waals surface area contributed by atoms with Crippen LogP contribution in [0.15, 0.2) is 48.7 Å². The number of rotatable bonds is 4. The number of aliphatic hydroxyl groups excluding tert-OH is 1. The summed E-state index contributed by atoms with van der Waals surface area (Å²) in [6.07, 6.45) is 0.470. The van der Waals surface area contributed by atoms with Crippen LogP contribution in [0.2, 0.25) is 0 Å². The number of fused-ring (bicyclic) bond motifs is 1. The van der Waals surface area contributed by atoms with Crippen LogP contribution in [-0.2, 0) is 11.8 Å². The van der Waals surface area contributed by atoms with Gasteiger partial charge in [0.2, 0.25) is 0 Å². The van der Waals surface area contributed by atoms with Gasteiger partial charge in [0.15, 0.2) is 6.10 Å². The normalized spacial score (nSPS) is 12.2. The molecule has 0 saturated heterocycles. The molecule has 7 nitrogen and oxygen atoms in total. The lowest BCUT2D eigenvalue weighted by molar-refractivity contribution is -0.124. The highest BCUT2D eigenvalue weighted by atomic mass is 19.1. The van der Waals surface area contributed by atoms with Crippen molar-refractivity contribution in [1.82, 2.24) is 14.5 Å². The molecular weight excluding hydrogens is 397 g/mol. The second-order valence-corrected chi connectivity index (χ2v) is 7.48. The molecule has 0 aliphatic rings. The van der Waals surface area contributed by atoms with Crippen molar-refractivity contribution in [3.05, 3.63) is 71.4 Å². The van der Waals surface area contributed by atoms with Gasteiger partial charge in [0.25, 0.3) is 5.91 Å². The van der Waals surface area contributed by atoms with Gasteiger partial charge in [0.1, 0.15) is 23.1 Å². The average molecular weight is 419 g/mol. The number of benzene rings is 2. The molecule has 31 heavy (non-hydrogen) atoms. The molecule has 2 heterocycles. The number of nitrogen functional groups attached to an aromatic ring is 1. The minimum Gasteiger partial charge on any atom is -0.383 e. The van der Waals surface area contributed by atoms with E-state index in [9.17, 15) is 14.3 Å². The number of carbonyl (C=O) groups excluding carboxylic acids is 1. The van der Waals surface area contributed by atoms with E-state index in [4.69, 9.17) is 5.73 Å². The highest BCUT2D eigenvalue weighted by Gasteiger charge is 2.19. The lowest BCUT2D eigenvalue weighted by Crippen LogP contribution is -2.21. The lowest BCUT2D eigenvalue weighted by Gasteiger charge is -2.13. The average Bonchev–Trinajstić information content (AvgIpc) is 3.04. The molecule has 4 aromatic rings. The van der Waals surface area contributed by atoms with Gasteiger partial charge in [0, 0.05) is 24.5 Å². The first-order valence-corrected chi connectivity index (χ1v) is 9.69. The molecule has 158 valence electrons. The molecule has 1 amide bonds. The van der Waals surface area contributed by atoms with Crippen LogP contribution in [0.1, 0.15) is 23.1 Å². The van der Waals surface area contributed by atoms with Crippen LogP contribution >= 0.6 is 0 Å². The van der Waals surface area contributed by atoms with Crippen LogP contribution in [0.5, 0.6) is 0 Å². The minimum absolute atomic E-state index is 0.187. The number of aryl methyl sites for hydroxylation is 3. The number of carbonyl (C=O) groups is 1. The Hall–Kier alpha value is -3.78. The van der Waals surface area contributed by atoms with Gasteiger partial charge in [-0.3, -0.25) is 4.79 Å². The first-order chi connectivity index (χ1) is 14.7. The quantitative estimate of drug-likeness (QED) is 0.468. The molecule has 0 aliphatic heterocycles. The maximum Gasteiger partial charge on any atom is 0.257 e. The molecule has 0 radical (unpaired) electrons. The Kier molecular flexibility index (Phi) is 5.16. The van der Waals surface area contributed by atoms with Crippen LogP contribution in [-0.4, -0.2) is 25.5 Å². The predicted molar refractivity (Wildman–Crippen MR) is 118 cm³/mol. The van der Waals surface area contributed by atoms with Gasteiger partial charge in [-0.15, -0.1) is 0 Å². The Bertz CT molecular complexity index is 1320. The maximum atomic E-state index is 13.4. The summed E-state index contributed by atoms with van der Waals surface area (Å²) in [5.41, 5.74) is 10.3. The molecule has 0 fully saturated rings. The molecule has 0 saturated carbocycles. The van der Waals surface area contributed by atoms with E-state index in [1.807, 2.05) is 30.8 Å². The molecule has 1 atom stereocenters. The van der Waals surface area contributed by atoms with Crippen LogP contribution in [0.4, 0.5) is 15.9 Å². The van der Waals surface area contributed by atoms with E-state index in [1.54, 1.807) is 19.1 Å². The zero-order chi connectivity index (χ0) is 22.3. The number of nitrogens with two attached hydrogens (primary N) is 1. The van der Waals surface area contributed by atoms with E-state index in [2.05, 4.69) is 15.3 Å². The van der Waals surface area contributed by atoms with Gasteiger partial charge in [-0.2, -0.15) is 0 Å². The fraction of sp³-hybridized carbons (Fsp3) is 0.174. The molecule has 0 aliphatic carbocycles. The predicted octanol–water partition coefficient (Wildman–Crippen LogP) is 3.65. The van der Waals surface area contributed by atoms with Crippen molar-refractivity contribution in [1.29, 1.82) is 0 Å². The van der Waals surface area contributed by atoms with Gasteiger partial charge in [-0.1, -0.05) is 18.2 Å². The number of hydrogen-bond donors (Lipinski definition) is 3. The van der Waals surface area contributed by atoms with Crippen LogP contribution in [0.25, 0.3) is 22.2 Å². The third kappa shape index (κ3) is 3.85. The van der Waals surface area contributed by atoms with Crippen molar-refractivity contribution in [3.63, 3.8) is 0 Å². The van der Waals surface area contributed by atoms with Crippen LogP contribution in [0, 0.1) is 19.7 Å². The van der Waals surface area contributed by atoms with E-state index < -0.39 is 17.8 Å². The maximum absolute atomic E-state index is 13.4. The molecule has 0 bridgehead atoms. The van der Waals surface area contributed by atoms with E-state index >= 15 is 0 Å². The number of amides is 1. The highest BCUT2D eigenvalue weighted by molar-refractivity contribution is 6.02. The summed E-state index contributed by atoms with van der Waals surface area (Å²) in [5, 5.41) is 13.7. The van der Waals surface area contributed by atoms with E-state index in [-0.39, 0.29) is 5.56 Å². The fourth-order valence-electron chi connectivity index (χ4n) is 3.70. The highest BCUT2D eigenvalue weighted by Crippen LogP contribution is 2.35. The molecule has 2 aromatic heterocycles. The van der Waals surface area contributed by atoms with Crippen LogP contribution < -0.4 is 11.1 Å². The van der Waals surface area contributed by atoms with Crippen molar-refractivity contribution in [2.24, 2.45) is 7.05 Å². The number of anilines is 2. The molecule has 0 spiro atoms. The summed E-state index contributed by atoms with van der Waals surface area (Å²) < 4.78 is 15.3. The number of nitrogens with zero attached hydrogens (tertiary/aromatic N) is 3. The van der Waals surface area contributed by atoms with Gasteiger partial charge < -0.3 is 20.7 Å². The van der Waals surface area contributed by atoms with Gasteiger partial charge in [-0.25, -0.2) is 14.4 Å². The minimum atomic E-state index is -1.48. The largest absolute Gasteiger partial charge is 0.383 e. The van der Waals surface area contributed by atoms with Crippen molar-refractivity contribution in [3.8, 4) is 11.1 Å². The number of aromatic nitrogens is 3. The van der Waals surface area contributed by atoms with Gasteiger partial charge in [-0.05, 0) is 54.8 Å². The number of nitrogens with one attached hydrogen (secondary N) is 1. The van der Waals surface area contributed by atoms with Crippen LogP contribution in [0.3, 0.4) is 0 Å².